The van der Waals surface area contributed by atoms with E-state index in [1.54, 1.807) is 4.90 Å². The van der Waals surface area contributed by atoms with Gasteiger partial charge >= 0.3 is 6.09 Å². The lowest BCUT2D eigenvalue weighted by molar-refractivity contribution is 0.0165. The number of likely N-dealkylation sites (tertiary alicyclic amines) is 1. The molecule has 0 aliphatic carbocycles. The lowest BCUT2D eigenvalue weighted by atomic mass is 9.98. The van der Waals surface area contributed by atoms with E-state index >= 15 is 0 Å². The first kappa shape index (κ1) is 19.1. The van der Waals surface area contributed by atoms with Gasteiger partial charge in [0.15, 0.2) is 0 Å². The maximum absolute atomic E-state index is 12.1. The molecular weight excluding hydrogens is 370 g/mol. The van der Waals surface area contributed by atoms with Crippen molar-refractivity contribution in [3.63, 3.8) is 0 Å². The predicted molar refractivity (Wildman–Crippen MR) is 100.0 cm³/mol. The molecule has 0 radical (unpaired) electrons. The summed E-state index contributed by atoms with van der Waals surface area (Å²) in [5.74, 6) is 1.41. The van der Waals surface area contributed by atoms with Crippen LogP contribution in [-0.4, -0.2) is 41.6 Å². The molecule has 1 saturated heterocycles. The average Bonchev–Trinajstić information content (AvgIpc) is 2.53. The second-order valence-corrected chi connectivity index (χ2v) is 8.10. The lowest BCUT2D eigenvalue weighted by Crippen LogP contribution is -2.42. The predicted octanol–water partition coefficient (Wildman–Crippen LogP) is 4.65. The van der Waals surface area contributed by atoms with Gasteiger partial charge in [-0.3, -0.25) is 0 Å². The minimum absolute atomic E-state index is 0.204. The highest BCUT2D eigenvalue weighted by molar-refractivity contribution is 9.09. The topological polar surface area (TPSA) is 38.8 Å². The third kappa shape index (κ3) is 6.34. The summed E-state index contributed by atoms with van der Waals surface area (Å²) in [6, 6.07) is 8.30. The van der Waals surface area contributed by atoms with Gasteiger partial charge in [0.05, 0.1) is 6.61 Å². The van der Waals surface area contributed by atoms with Crippen LogP contribution in [0.5, 0.6) is 5.75 Å². The highest BCUT2D eigenvalue weighted by atomic mass is 79.9. The summed E-state index contributed by atoms with van der Waals surface area (Å²) in [5, 5.41) is 0.976. The van der Waals surface area contributed by atoms with Gasteiger partial charge in [0.25, 0.3) is 0 Å². The molecule has 1 aromatic carbocycles. The number of hydrogen-bond acceptors (Lipinski definition) is 3. The van der Waals surface area contributed by atoms with Crippen molar-refractivity contribution in [2.75, 3.05) is 25.0 Å². The Bertz CT molecular complexity index is 516. The van der Waals surface area contributed by atoms with Gasteiger partial charge in [0.1, 0.15) is 11.4 Å². The summed E-state index contributed by atoms with van der Waals surface area (Å²) in [7, 11) is 0. The first-order valence-electron chi connectivity index (χ1n) is 8.63. The summed E-state index contributed by atoms with van der Waals surface area (Å²) in [4.78, 5) is 13.9. The van der Waals surface area contributed by atoms with Crippen LogP contribution in [0.2, 0.25) is 0 Å². The van der Waals surface area contributed by atoms with Gasteiger partial charge in [0, 0.05) is 18.4 Å². The van der Waals surface area contributed by atoms with Crippen molar-refractivity contribution in [2.24, 2.45) is 5.92 Å². The number of nitrogens with zero attached hydrogens (tertiary/aromatic N) is 1. The number of amides is 1. The Morgan fingerprint density at radius 1 is 1.21 bits per heavy atom. The molecule has 0 aromatic heterocycles. The van der Waals surface area contributed by atoms with Crippen molar-refractivity contribution in [1.82, 2.24) is 4.90 Å². The Kier molecular flexibility index (Phi) is 6.96. The second-order valence-electron chi connectivity index (χ2n) is 7.30. The minimum atomic E-state index is -0.433. The number of alkyl halides is 1. The number of carbonyl (C=O) groups excluding carboxylic acids is 1. The zero-order valence-electron chi connectivity index (χ0n) is 14.9. The number of carbonyl (C=O) groups is 1. The van der Waals surface area contributed by atoms with Crippen LogP contribution in [0.3, 0.4) is 0 Å². The maximum atomic E-state index is 12.1. The molecule has 134 valence electrons. The molecule has 0 N–H and O–H groups in total. The van der Waals surface area contributed by atoms with Crippen molar-refractivity contribution >= 4 is 22.0 Å². The first-order valence-corrected chi connectivity index (χ1v) is 9.75. The summed E-state index contributed by atoms with van der Waals surface area (Å²) in [6.07, 6.45) is 2.75. The lowest BCUT2D eigenvalue weighted by Gasteiger charge is -2.33. The van der Waals surface area contributed by atoms with Crippen molar-refractivity contribution in [3.8, 4) is 5.75 Å². The summed E-state index contributed by atoms with van der Waals surface area (Å²) in [5.41, 5.74) is 0.878. The summed E-state index contributed by atoms with van der Waals surface area (Å²) in [6.45, 7) is 7.89. The molecule has 4 nitrogen and oxygen atoms in total. The average molecular weight is 398 g/mol. The van der Waals surface area contributed by atoms with Gasteiger partial charge in [-0.2, -0.15) is 0 Å². The van der Waals surface area contributed by atoms with E-state index in [4.69, 9.17) is 9.47 Å². The van der Waals surface area contributed by atoms with Gasteiger partial charge in [0.2, 0.25) is 0 Å². The molecule has 0 saturated carbocycles. The van der Waals surface area contributed by atoms with Crippen molar-refractivity contribution in [2.45, 2.75) is 45.6 Å². The monoisotopic (exact) mass is 397 g/mol. The first-order chi connectivity index (χ1) is 11.4. The fourth-order valence-corrected chi connectivity index (χ4v) is 3.14. The molecule has 0 atom stereocenters. The van der Waals surface area contributed by atoms with Gasteiger partial charge in [-0.25, -0.2) is 4.79 Å². The van der Waals surface area contributed by atoms with Crippen LogP contribution in [0, 0.1) is 5.92 Å². The quantitative estimate of drug-likeness (QED) is 0.678. The standard InChI is InChI=1S/C19H28BrNO3/c1-19(2,3)24-18(22)21-12-9-16(10-13-21)14-23-17-6-4-15(5-7-17)8-11-20/h4-7,16H,8-14H2,1-3H3. The molecule has 0 bridgehead atoms. The van der Waals surface area contributed by atoms with E-state index in [0.29, 0.717) is 12.5 Å². The normalized spacial score (nSPS) is 16.1. The number of rotatable bonds is 5. The van der Waals surface area contributed by atoms with Crippen molar-refractivity contribution < 1.29 is 14.3 Å². The fourth-order valence-electron chi connectivity index (χ4n) is 2.68. The summed E-state index contributed by atoms with van der Waals surface area (Å²) < 4.78 is 11.3. The van der Waals surface area contributed by atoms with Crippen LogP contribution < -0.4 is 4.74 Å². The van der Waals surface area contributed by atoms with Gasteiger partial charge in [-0.05, 0) is 63.6 Å². The van der Waals surface area contributed by atoms with Crippen LogP contribution in [0.1, 0.15) is 39.2 Å². The van der Waals surface area contributed by atoms with E-state index < -0.39 is 5.60 Å². The van der Waals surface area contributed by atoms with Crippen LogP contribution in [0.4, 0.5) is 4.79 Å². The molecule has 1 amide bonds. The largest absolute Gasteiger partial charge is 0.493 e. The number of piperidine rings is 1. The van der Waals surface area contributed by atoms with E-state index in [2.05, 4.69) is 28.1 Å². The van der Waals surface area contributed by atoms with Crippen LogP contribution in [0.15, 0.2) is 24.3 Å². The van der Waals surface area contributed by atoms with E-state index in [9.17, 15) is 4.79 Å². The van der Waals surface area contributed by atoms with Gasteiger partial charge in [-0.15, -0.1) is 0 Å². The third-order valence-electron chi connectivity index (χ3n) is 4.06. The molecule has 5 heteroatoms. The van der Waals surface area contributed by atoms with Crippen molar-refractivity contribution in [3.05, 3.63) is 29.8 Å². The molecule has 24 heavy (non-hydrogen) atoms. The Balaban J connectivity index is 1.72. The highest BCUT2D eigenvalue weighted by Crippen LogP contribution is 2.21. The zero-order valence-corrected chi connectivity index (χ0v) is 16.5. The van der Waals surface area contributed by atoms with E-state index in [1.807, 2.05) is 32.9 Å². The number of ether oxygens (including phenoxy) is 2. The number of aryl methyl sites for hydroxylation is 1. The molecule has 2 rings (SSSR count). The highest BCUT2D eigenvalue weighted by Gasteiger charge is 2.27. The Hall–Kier alpha value is -1.23. The Morgan fingerprint density at radius 2 is 1.83 bits per heavy atom. The van der Waals surface area contributed by atoms with Crippen LogP contribution in [-0.2, 0) is 11.2 Å². The van der Waals surface area contributed by atoms with Crippen LogP contribution in [0.25, 0.3) is 0 Å². The smallest absolute Gasteiger partial charge is 0.410 e. The second kappa shape index (κ2) is 8.75. The van der Waals surface area contributed by atoms with E-state index in [-0.39, 0.29) is 6.09 Å². The number of halogens is 1. The molecular formula is C19H28BrNO3. The molecule has 1 fully saturated rings. The molecule has 0 unspecified atom stereocenters. The van der Waals surface area contributed by atoms with Gasteiger partial charge in [-0.1, -0.05) is 28.1 Å². The fraction of sp³-hybridized carbons (Fsp3) is 0.632. The zero-order chi connectivity index (χ0) is 17.6. The molecule has 1 aliphatic rings. The van der Waals surface area contributed by atoms with Crippen molar-refractivity contribution in [1.29, 1.82) is 0 Å². The molecule has 1 aromatic rings. The maximum Gasteiger partial charge on any atom is 0.410 e. The molecule has 0 spiro atoms. The molecule has 1 heterocycles. The number of benzene rings is 1. The Labute approximate surface area is 153 Å². The van der Waals surface area contributed by atoms with Crippen LogP contribution >= 0.6 is 15.9 Å². The SMILES string of the molecule is CC(C)(C)OC(=O)N1CCC(COc2ccc(CCBr)cc2)CC1. The summed E-state index contributed by atoms with van der Waals surface area (Å²) >= 11 is 3.45. The van der Waals surface area contributed by atoms with E-state index in [0.717, 1.165) is 43.4 Å². The Morgan fingerprint density at radius 3 is 2.38 bits per heavy atom. The van der Waals surface area contributed by atoms with E-state index in [1.165, 1.54) is 5.56 Å². The molecule has 1 aliphatic heterocycles. The minimum Gasteiger partial charge on any atom is -0.493 e. The third-order valence-corrected chi connectivity index (χ3v) is 4.45. The van der Waals surface area contributed by atoms with Gasteiger partial charge < -0.3 is 14.4 Å². The number of hydrogen-bond donors (Lipinski definition) is 0.